The summed E-state index contributed by atoms with van der Waals surface area (Å²) in [5.74, 6) is -0.216. The number of carbonyl (C=O) groups is 1. The Bertz CT molecular complexity index is 1370. The van der Waals surface area contributed by atoms with Crippen molar-refractivity contribution in [2.24, 2.45) is 0 Å². The van der Waals surface area contributed by atoms with Gasteiger partial charge in [-0.25, -0.2) is 0 Å². The lowest BCUT2D eigenvalue weighted by atomic mass is 9.60. The molecule has 0 aromatic carbocycles. The fourth-order valence-corrected chi connectivity index (χ4v) is 6.60. The molecule has 0 spiro atoms. The van der Waals surface area contributed by atoms with Gasteiger partial charge >= 0.3 is 5.97 Å². The zero-order chi connectivity index (χ0) is 24.8. The minimum atomic E-state index is -0.654. The number of aromatic nitrogens is 4. The molecule has 2 aliphatic rings. The quantitative estimate of drug-likeness (QED) is 0.321. The van der Waals surface area contributed by atoms with Gasteiger partial charge in [0.25, 0.3) is 0 Å². The lowest BCUT2D eigenvalue weighted by molar-refractivity contribution is -0.144. The molecule has 0 saturated heterocycles. The summed E-state index contributed by atoms with van der Waals surface area (Å²) < 4.78 is 5.55. The third-order valence-corrected chi connectivity index (χ3v) is 7.77. The molecule has 0 aliphatic heterocycles. The summed E-state index contributed by atoms with van der Waals surface area (Å²) in [4.78, 5) is 32.3. The first kappa shape index (κ1) is 22.5. The van der Waals surface area contributed by atoms with Crippen molar-refractivity contribution in [3.63, 3.8) is 0 Å². The summed E-state index contributed by atoms with van der Waals surface area (Å²) >= 11 is 0. The Morgan fingerprint density at radius 2 is 1.11 bits per heavy atom. The van der Waals surface area contributed by atoms with Gasteiger partial charge in [0, 0.05) is 35.6 Å². The minimum Gasteiger partial charge on any atom is -0.466 e. The highest BCUT2D eigenvalue weighted by Crippen LogP contribution is 2.60. The topological polar surface area (TPSA) is 77.9 Å². The van der Waals surface area contributed by atoms with E-state index in [-0.39, 0.29) is 17.8 Å². The van der Waals surface area contributed by atoms with Gasteiger partial charge in [-0.1, -0.05) is 37.6 Å². The highest BCUT2D eigenvalue weighted by Gasteiger charge is 2.55. The molecule has 0 atom stereocenters. The molecule has 4 heterocycles. The summed E-state index contributed by atoms with van der Waals surface area (Å²) in [6.07, 6.45) is 10.0. The molecule has 0 bridgehead atoms. The standard InChI is InChI=1S/C30H28N4O2/c1-3-13-29(20-9-5-14-31-25(20)26-21(29)10-6-15-32-26)19-30(18-24(35)36-4-2)22-11-7-16-33-27(22)28-23(30)12-8-17-34-28/h5-12,14-17H,3-4,13,18-19H2,1-2H3. The van der Waals surface area contributed by atoms with Crippen LogP contribution in [0.15, 0.2) is 73.3 Å². The summed E-state index contributed by atoms with van der Waals surface area (Å²) in [5, 5.41) is 0. The van der Waals surface area contributed by atoms with Crippen molar-refractivity contribution in [2.75, 3.05) is 6.61 Å². The molecule has 4 aromatic heterocycles. The molecule has 4 aromatic rings. The molecule has 0 saturated carbocycles. The van der Waals surface area contributed by atoms with Crippen molar-refractivity contribution in [3.05, 3.63) is 95.6 Å². The maximum absolute atomic E-state index is 13.3. The number of esters is 1. The molecule has 36 heavy (non-hydrogen) atoms. The van der Waals surface area contributed by atoms with Crippen LogP contribution in [-0.2, 0) is 20.4 Å². The Morgan fingerprint density at radius 1 is 0.694 bits per heavy atom. The first-order valence-electron chi connectivity index (χ1n) is 12.6. The maximum Gasteiger partial charge on any atom is 0.307 e. The van der Waals surface area contributed by atoms with E-state index in [0.717, 1.165) is 46.7 Å². The second-order valence-electron chi connectivity index (χ2n) is 9.67. The van der Waals surface area contributed by atoms with Crippen molar-refractivity contribution in [2.45, 2.75) is 50.4 Å². The minimum absolute atomic E-state index is 0.216. The largest absolute Gasteiger partial charge is 0.466 e. The Hall–Kier alpha value is -3.93. The van der Waals surface area contributed by atoms with Crippen LogP contribution in [0.2, 0.25) is 0 Å². The van der Waals surface area contributed by atoms with Crippen molar-refractivity contribution in [1.29, 1.82) is 0 Å². The Balaban J connectivity index is 1.64. The van der Waals surface area contributed by atoms with Crippen LogP contribution in [0.3, 0.4) is 0 Å². The maximum atomic E-state index is 13.3. The van der Waals surface area contributed by atoms with Crippen LogP contribution in [0.25, 0.3) is 22.8 Å². The van der Waals surface area contributed by atoms with Gasteiger partial charge in [0.05, 0.1) is 35.8 Å². The number of hydrogen-bond acceptors (Lipinski definition) is 6. The van der Waals surface area contributed by atoms with E-state index in [1.54, 1.807) is 12.4 Å². The molecule has 0 fully saturated rings. The molecule has 0 amide bonds. The summed E-state index contributed by atoms with van der Waals surface area (Å²) in [7, 11) is 0. The fourth-order valence-electron chi connectivity index (χ4n) is 6.60. The highest BCUT2D eigenvalue weighted by molar-refractivity contribution is 5.82. The lowest BCUT2D eigenvalue weighted by Crippen LogP contribution is -2.39. The van der Waals surface area contributed by atoms with Gasteiger partial charge in [0.1, 0.15) is 0 Å². The predicted octanol–water partition coefficient (Wildman–Crippen LogP) is 5.64. The summed E-state index contributed by atoms with van der Waals surface area (Å²) in [6, 6.07) is 16.5. The Labute approximate surface area is 210 Å². The fraction of sp³-hybridized carbons (Fsp3) is 0.300. The number of nitrogens with zero attached hydrogens (tertiary/aromatic N) is 4. The van der Waals surface area contributed by atoms with Crippen LogP contribution >= 0.6 is 0 Å². The van der Waals surface area contributed by atoms with Crippen LogP contribution in [0, 0.1) is 0 Å². The first-order valence-corrected chi connectivity index (χ1v) is 12.6. The van der Waals surface area contributed by atoms with E-state index in [0.29, 0.717) is 13.0 Å². The number of rotatable bonds is 7. The molecule has 2 aliphatic carbocycles. The Kier molecular flexibility index (Phi) is 5.40. The summed E-state index contributed by atoms with van der Waals surface area (Å²) in [6.45, 7) is 4.40. The normalized spacial score (nSPS) is 15.5. The van der Waals surface area contributed by atoms with Gasteiger partial charge in [-0.15, -0.1) is 0 Å². The van der Waals surface area contributed by atoms with Gasteiger partial charge in [-0.05, 0) is 66.3 Å². The Morgan fingerprint density at radius 3 is 1.50 bits per heavy atom. The van der Waals surface area contributed by atoms with E-state index in [1.807, 2.05) is 43.6 Å². The molecule has 180 valence electrons. The van der Waals surface area contributed by atoms with Gasteiger partial charge in [-0.3, -0.25) is 24.7 Å². The second-order valence-corrected chi connectivity index (χ2v) is 9.67. The van der Waals surface area contributed by atoms with Crippen molar-refractivity contribution in [1.82, 2.24) is 19.9 Å². The predicted molar refractivity (Wildman–Crippen MR) is 137 cm³/mol. The van der Waals surface area contributed by atoms with E-state index >= 15 is 0 Å². The third-order valence-electron chi connectivity index (χ3n) is 7.77. The highest BCUT2D eigenvalue weighted by atomic mass is 16.5. The SMILES string of the molecule is CCCC1(CC2(CC(=O)OCC)c3cccnc3-c3ncccc32)c2cccnc2-c2ncccc21. The van der Waals surface area contributed by atoms with Gasteiger partial charge < -0.3 is 4.74 Å². The van der Waals surface area contributed by atoms with E-state index in [2.05, 4.69) is 31.2 Å². The zero-order valence-corrected chi connectivity index (χ0v) is 20.6. The smallest absolute Gasteiger partial charge is 0.307 e. The molecule has 0 radical (unpaired) electrons. The number of carbonyl (C=O) groups excluding carboxylic acids is 1. The van der Waals surface area contributed by atoms with E-state index < -0.39 is 5.41 Å². The van der Waals surface area contributed by atoms with E-state index in [4.69, 9.17) is 24.7 Å². The van der Waals surface area contributed by atoms with Crippen LogP contribution in [0.5, 0.6) is 0 Å². The van der Waals surface area contributed by atoms with Crippen molar-refractivity contribution in [3.8, 4) is 22.8 Å². The number of pyridine rings is 4. The zero-order valence-electron chi connectivity index (χ0n) is 20.6. The molecular formula is C30H28N4O2. The van der Waals surface area contributed by atoms with E-state index in [1.165, 1.54) is 11.1 Å². The van der Waals surface area contributed by atoms with E-state index in [9.17, 15) is 4.79 Å². The monoisotopic (exact) mass is 476 g/mol. The average molecular weight is 477 g/mol. The first-order chi connectivity index (χ1) is 17.6. The third kappa shape index (κ3) is 3.13. The second kappa shape index (κ2) is 8.63. The molecule has 6 rings (SSSR count). The average Bonchev–Trinajstić information content (AvgIpc) is 3.33. The van der Waals surface area contributed by atoms with Crippen molar-refractivity contribution >= 4 is 5.97 Å². The number of ether oxygens (including phenoxy) is 1. The van der Waals surface area contributed by atoms with Gasteiger partial charge in [-0.2, -0.15) is 0 Å². The summed E-state index contributed by atoms with van der Waals surface area (Å²) in [5.41, 5.74) is 6.94. The number of fused-ring (bicyclic) bond motifs is 6. The van der Waals surface area contributed by atoms with Crippen molar-refractivity contribution < 1.29 is 9.53 Å². The van der Waals surface area contributed by atoms with Crippen LogP contribution in [-0.4, -0.2) is 32.5 Å². The molecule has 0 N–H and O–H groups in total. The lowest BCUT2D eigenvalue weighted by Gasteiger charge is -2.41. The van der Waals surface area contributed by atoms with Crippen LogP contribution < -0.4 is 0 Å². The van der Waals surface area contributed by atoms with Crippen LogP contribution in [0.1, 0.15) is 61.8 Å². The van der Waals surface area contributed by atoms with Gasteiger partial charge in [0.15, 0.2) is 0 Å². The number of hydrogen-bond donors (Lipinski definition) is 0. The molecule has 0 unspecified atom stereocenters. The molecular weight excluding hydrogens is 448 g/mol. The van der Waals surface area contributed by atoms with Gasteiger partial charge in [0.2, 0.25) is 0 Å². The van der Waals surface area contributed by atoms with Crippen LogP contribution in [0.4, 0.5) is 0 Å². The molecule has 6 heteroatoms. The molecule has 6 nitrogen and oxygen atoms in total.